The molecule has 1 atom stereocenters. The standard InChI is InChI=1S/C23H28N6O2.H2S/c1-5-25-21-9-7-17(13-27-21)19-11-22(29-14-28-19)26-12-15(2)18-8-6-16(23(30)24-3)10-20(18)31-4;/h6-11,13-15H,5,12H2,1-4H3,(H,24,30)(H,25,27)(H,26,28,29);1H2/t15-;/m1./s1. The molecule has 3 rings (SSSR count). The molecule has 0 unspecified atom stereocenters. The minimum atomic E-state index is -0.142. The van der Waals surface area contributed by atoms with Crippen molar-refractivity contribution in [3.63, 3.8) is 0 Å². The van der Waals surface area contributed by atoms with Gasteiger partial charge in [-0.1, -0.05) is 13.0 Å². The summed E-state index contributed by atoms with van der Waals surface area (Å²) in [6.07, 6.45) is 3.34. The number of aromatic nitrogens is 3. The van der Waals surface area contributed by atoms with E-state index in [1.807, 2.05) is 31.2 Å². The van der Waals surface area contributed by atoms with Gasteiger partial charge in [-0.3, -0.25) is 4.79 Å². The topological polar surface area (TPSA) is 101 Å². The third kappa shape index (κ3) is 6.10. The Bertz CT molecular complexity index is 1030. The van der Waals surface area contributed by atoms with Crippen LogP contribution in [0.3, 0.4) is 0 Å². The molecule has 0 aliphatic heterocycles. The smallest absolute Gasteiger partial charge is 0.251 e. The molecule has 0 aliphatic carbocycles. The second kappa shape index (κ2) is 11.9. The number of nitrogens with one attached hydrogen (secondary N) is 3. The second-order valence-electron chi connectivity index (χ2n) is 7.07. The summed E-state index contributed by atoms with van der Waals surface area (Å²) in [5.74, 6) is 2.24. The van der Waals surface area contributed by atoms with Gasteiger partial charge in [-0.05, 0) is 36.8 Å². The molecule has 1 amide bonds. The minimum Gasteiger partial charge on any atom is -0.496 e. The predicted molar refractivity (Wildman–Crippen MR) is 133 cm³/mol. The number of rotatable bonds is 9. The van der Waals surface area contributed by atoms with Crippen molar-refractivity contribution in [3.05, 3.63) is 60.0 Å². The molecule has 0 saturated heterocycles. The highest BCUT2D eigenvalue weighted by atomic mass is 32.1. The van der Waals surface area contributed by atoms with Crippen molar-refractivity contribution in [1.82, 2.24) is 20.3 Å². The van der Waals surface area contributed by atoms with E-state index in [2.05, 4.69) is 37.8 Å². The van der Waals surface area contributed by atoms with Gasteiger partial charge in [-0.2, -0.15) is 13.5 Å². The summed E-state index contributed by atoms with van der Waals surface area (Å²) in [7, 11) is 3.22. The van der Waals surface area contributed by atoms with Crippen LogP contribution in [0, 0.1) is 0 Å². The number of amides is 1. The Kier molecular flexibility index (Phi) is 9.27. The Morgan fingerprint density at radius 1 is 1.06 bits per heavy atom. The van der Waals surface area contributed by atoms with Crippen molar-refractivity contribution >= 4 is 31.0 Å². The summed E-state index contributed by atoms with van der Waals surface area (Å²) in [6.45, 7) is 5.59. The molecule has 1 aromatic carbocycles. The van der Waals surface area contributed by atoms with Gasteiger partial charge >= 0.3 is 0 Å². The number of benzene rings is 1. The molecular weight excluding hydrogens is 424 g/mol. The van der Waals surface area contributed by atoms with Gasteiger partial charge in [0.25, 0.3) is 5.91 Å². The monoisotopic (exact) mass is 454 g/mol. The predicted octanol–water partition coefficient (Wildman–Crippen LogP) is 3.67. The van der Waals surface area contributed by atoms with Crippen molar-refractivity contribution in [2.75, 3.05) is 37.9 Å². The third-order valence-electron chi connectivity index (χ3n) is 4.93. The van der Waals surface area contributed by atoms with Crippen LogP contribution in [0.15, 0.2) is 48.9 Å². The molecular formula is C23H30N6O2S. The van der Waals surface area contributed by atoms with Crippen molar-refractivity contribution in [2.45, 2.75) is 19.8 Å². The second-order valence-corrected chi connectivity index (χ2v) is 7.07. The zero-order chi connectivity index (χ0) is 22.2. The maximum atomic E-state index is 11.9. The van der Waals surface area contributed by atoms with Gasteiger partial charge in [0.15, 0.2) is 0 Å². The fraction of sp³-hybridized carbons (Fsp3) is 0.304. The molecule has 0 fully saturated rings. The molecule has 170 valence electrons. The molecule has 8 nitrogen and oxygen atoms in total. The molecule has 2 aromatic heterocycles. The largest absolute Gasteiger partial charge is 0.496 e. The molecule has 0 radical (unpaired) electrons. The van der Waals surface area contributed by atoms with Gasteiger partial charge in [0.1, 0.15) is 23.7 Å². The molecule has 9 heteroatoms. The fourth-order valence-corrected chi connectivity index (χ4v) is 3.21. The van der Waals surface area contributed by atoms with Crippen LogP contribution in [-0.2, 0) is 0 Å². The van der Waals surface area contributed by atoms with Crippen LogP contribution in [0.25, 0.3) is 11.3 Å². The molecule has 32 heavy (non-hydrogen) atoms. The lowest BCUT2D eigenvalue weighted by Crippen LogP contribution is -2.18. The average Bonchev–Trinajstić information content (AvgIpc) is 2.82. The number of pyridine rings is 1. The quantitative estimate of drug-likeness (QED) is 0.453. The number of nitrogens with zero attached hydrogens (tertiary/aromatic N) is 3. The summed E-state index contributed by atoms with van der Waals surface area (Å²) < 4.78 is 5.51. The van der Waals surface area contributed by atoms with Crippen LogP contribution in [0.4, 0.5) is 11.6 Å². The first-order valence-corrected chi connectivity index (χ1v) is 10.2. The van der Waals surface area contributed by atoms with Gasteiger partial charge < -0.3 is 20.7 Å². The number of carbonyl (C=O) groups is 1. The van der Waals surface area contributed by atoms with E-state index in [1.165, 1.54) is 0 Å². The number of hydrogen-bond donors (Lipinski definition) is 3. The van der Waals surface area contributed by atoms with E-state index in [1.54, 1.807) is 38.8 Å². The molecule has 0 saturated carbocycles. The van der Waals surface area contributed by atoms with Crippen LogP contribution < -0.4 is 20.7 Å². The van der Waals surface area contributed by atoms with Crippen molar-refractivity contribution in [2.24, 2.45) is 0 Å². The SMILES string of the molecule is CCNc1ccc(-c2cc(NC[C@@H](C)c3ccc(C(=O)NC)cc3OC)ncn2)cn1.S. The van der Waals surface area contributed by atoms with Gasteiger partial charge in [0, 0.05) is 49.4 Å². The zero-order valence-electron chi connectivity index (χ0n) is 18.8. The summed E-state index contributed by atoms with van der Waals surface area (Å²) in [6, 6.07) is 11.3. The number of methoxy groups -OCH3 is 1. The Balaban J connectivity index is 0.00000363. The van der Waals surface area contributed by atoms with E-state index in [0.717, 1.165) is 35.0 Å². The fourth-order valence-electron chi connectivity index (χ4n) is 3.21. The van der Waals surface area contributed by atoms with Crippen molar-refractivity contribution in [1.29, 1.82) is 0 Å². The van der Waals surface area contributed by atoms with Gasteiger partial charge in [-0.25, -0.2) is 15.0 Å². The van der Waals surface area contributed by atoms with Crippen LogP contribution in [-0.4, -0.2) is 48.1 Å². The lowest BCUT2D eigenvalue weighted by atomic mass is 9.98. The van der Waals surface area contributed by atoms with Crippen LogP contribution in [0.1, 0.15) is 35.7 Å². The lowest BCUT2D eigenvalue weighted by Gasteiger charge is -2.17. The molecule has 2 heterocycles. The van der Waals surface area contributed by atoms with E-state index in [-0.39, 0.29) is 25.3 Å². The van der Waals surface area contributed by atoms with Crippen LogP contribution in [0.2, 0.25) is 0 Å². The lowest BCUT2D eigenvalue weighted by molar-refractivity contribution is 0.0962. The molecule has 3 N–H and O–H groups in total. The van der Waals surface area contributed by atoms with E-state index >= 15 is 0 Å². The van der Waals surface area contributed by atoms with Crippen molar-refractivity contribution in [3.8, 4) is 17.0 Å². The number of hydrogen-bond acceptors (Lipinski definition) is 7. The molecule has 0 aliphatic rings. The highest BCUT2D eigenvalue weighted by Gasteiger charge is 2.15. The Morgan fingerprint density at radius 2 is 1.88 bits per heavy atom. The van der Waals surface area contributed by atoms with Gasteiger partial charge in [0.05, 0.1) is 12.8 Å². The summed E-state index contributed by atoms with van der Waals surface area (Å²) in [5, 5.41) is 9.17. The Labute approximate surface area is 195 Å². The Morgan fingerprint density at radius 3 is 2.53 bits per heavy atom. The number of carbonyl (C=O) groups excluding carboxylic acids is 1. The maximum Gasteiger partial charge on any atom is 0.251 e. The highest BCUT2D eigenvalue weighted by Crippen LogP contribution is 2.28. The number of ether oxygens (including phenoxy) is 1. The number of anilines is 2. The molecule has 0 bridgehead atoms. The van der Waals surface area contributed by atoms with Gasteiger partial charge in [-0.15, -0.1) is 0 Å². The highest BCUT2D eigenvalue weighted by molar-refractivity contribution is 7.59. The first kappa shape index (κ1) is 24.9. The van der Waals surface area contributed by atoms with Crippen molar-refractivity contribution < 1.29 is 9.53 Å². The first-order valence-electron chi connectivity index (χ1n) is 10.2. The average molecular weight is 455 g/mol. The Hall–Kier alpha value is -3.33. The van der Waals surface area contributed by atoms with E-state index in [9.17, 15) is 4.79 Å². The minimum absolute atomic E-state index is 0. The van der Waals surface area contributed by atoms with E-state index < -0.39 is 0 Å². The third-order valence-corrected chi connectivity index (χ3v) is 4.93. The summed E-state index contributed by atoms with van der Waals surface area (Å²) in [4.78, 5) is 25.0. The normalized spacial score (nSPS) is 11.1. The van der Waals surface area contributed by atoms with E-state index in [4.69, 9.17) is 4.74 Å². The maximum absolute atomic E-state index is 11.9. The van der Waals surface area contributed by atoms with E-state index in [0.29, 0.717) is 17.9 Å². The zero-order valence-corrected chi connectivity index (χ0v) is 19.8. The first-order chi connectivity index (χ1) is 15.0. The molecule has 3 aromatic rings. The summed E-state index contributed by atoms with van der Waals surface area (Å²) in [5.41, 5.74) is 3.30. The molecule has 0 spiro atoms. The van der Waals surface area contributed by atoms with Crippen LogP contribution in [0.5, 0.6) is 5.75 Å². The summed E-state index contributed by atoms with van der Waals surface area (Å²) >= 11 is 0. The van der Waals surface area contributed by atoms with Crippen LogP contribution >= 0.6 is 13.5 Å². The van der Waals surface area contributed by atoms with Gasteiger partial charge in [0.2, 0.25) is 0 Å².